The summed E-state index contributed by atoms with van der Waals surface area (Å²) in [6, 6.07) is -0.0785. The third-order valence-corrected chi connectivity index (χ3v) is 8.04. The first kappa shape index (κ1) is 20.4. The van der Waals surface area contributed by atoms with E-state index in [-0.39, 0.29) is 35.3 Å². The van der Waals surface area contributed by atoms with Gasteiger partial charge in [0, 0.05) is 22.6 Å². The highest BCUT2D eigenvalue weighted by Crippen LogP contribution is 2.49. The van der Waals surface area contributed by atoms with Gasteiger partial charge in [-0.25, -0.2) is 0 Å². The zero-order valence-corrected chi connectivity index (χ0v) is 17.3. The summed E-state index contributed by atoms with van der Waals surface area (Å²) in [6.07, 6.45) is 4.77. The van der Waals surface area contributed by atoms with E-state index in [2.05, 4.69) is 15.5 Å². The minimum atomic E-state index is -0.681. The van der Waals surface area contributed by atoms with Crippen LogP contribution >= 0.6 is 11.6 Å². The van der Waals surface area contributed by atoms with Crippen LogP contribution < -0.4 is 5.32 Å². The SMILES string of the molecule is CC1(C)C([C@H](O)C2CCC(Cl)CC2)O[C@@H](C2CCC3/C(=N/O)NC=NC32)[C@@H]1O. The maximum Gasteiger partial charge on any atom is 0.152 e. The highest BCUT2D eigenvalue weighted by Gasteiger charge is 2.58. The number of ether oxygens (including phenoxy) is 1. The molecule has 0 radical (unpaired) electrons. The number of rotatable bonds is 3. The van der Waals surface area contributed by atoms with Gasteiger partial charge >= 0.3 is 0 Å². The van der Waals surface area contributed by atoms with Gasteiger partial charge in [-0.15, -0.1) is 11.6 Å². The summed E-state index contributed by atoms with van der Waals surface area (Å²) in [5.74, 6) is 0.738. The molecular weight excluding hydrogens is 382 g/mol. The Morgan fingerprint density at radius 2 is 1.96 bits per heavy atom. The van der Waals surface area contributed by atoms with Crippen molar-refractivity contribution in [3.8, 4) is 0 Å². The summed E-state index contributed by atoms with van der Waals surface area (Å²) in [5, 5.41) is 38.0. The third kappa shape index (κ3) is 3.34. The van der Waals surface area contributed by atoms with Crippen LogP contribution in [0.5, 0.6) is 0 Å². The lowest BCUT2D eigenvalue weighted by Gasteiger charge is -2.37. The van der Waals surface area contributed by atoms with Crippen molar-refractivity contribution in [2.45, 2.75) is 88.2 Å². The van der Waals surface area contributed by atoms with E-state index in [1.165, 1.54) is 0 Å². The highest BCUT2D eigenvalue weighted by molar-refractivity contribution is 6.20. The predicted molar refractivity (Wildman–Crippen MR) is 107 cm³/mol. The largest absolute Gasteiger partial charge is 0.409 e. The summed E-state index contributed by atoms with van der Waals surface area (Å²) in [5.41, 5.74) is -0.551. The van der Waals surface area contributed by atoms with Gasteiger partial charge in [-0.2, -0.15) is 0 Å². The zero-order valence-electron chi connectivity index (χ0n) is 16.5. The topological polar surface area (TPSA) is 107 Å². The molecule has 8 heteroatoms. The molecule has 4 aliphatic rings. The van der Waals surface area contributed by atoms with Gasteiger partial charge in [0.25, 0.3) is 0 Å². The summed E-state index contributed by atoms with van der Waals surface area (Å²) < 4.78 is 6.40. The number of amidine groups is 1. The fraction of sp³-hybridized carbons (Fsp3) is 0.900. The van der Waals surface area contributed by atoms with Gasteiger partial charge in [0.05, 0.1) is 36.8 Å². The Hall–Kier alpha value is -0.890. The Balaban J connectivity index is 1.51. The van der Waals surface area contributed by atoms with Gasteiger partial charge < -0.3 is 25.5 Å². The van der Waals surface area contributed by atoms with Gasteiger partial charge in [-0.05, 0) is 44.4 Å². The molecule has 4 N–H and O–H groups in total. The number of aliphatic hydroxyl groups is 2. The molecule has 2 saturated carbocycles. The Morgan fingerprint density at radius 3 is 2.64 bits per heavy atom. The van der Waals surface area contributed by atoms with Crippen LogP contribution in [0.2, 0.25) is 0 Å². The first-order chi connectivity index (χ1) is 13.3. The maximum atomic E-state index is 11.1. The number of aliphatic hydroxyl groups excluding tert-OH is 2. The molecular formula is C20H32ClN3O4. The molecule has 0 aromatic heterocycles. The second-order valence-corrected chi connectivity index (χ2v) is 10.2. The van der Waals surface area contributed by atoms with Crippen LogP contribution in [0, 0.1) is 23.2 Å². The number of hydrogen-bond acceptors (Lipinski definition) is 6. The molecule has 4 unspecified atom stereocenters. The van der Waals surface area contributed by atoms with Gasteiger partial charge in [0.1, 0.15) is 0 Å². The Labute approximate surface area is 171 Å². The van der Waals surface area contributed by atoms with E-state index in [1.54, 1.807) is 6.34 Å². The molecule has 0 spiro atoms. The van der Waals surface area contributed by atoms with Crippen molar-refractivity contribution in [3.63, 3.8) is 0 Å². The summed E-state index contributed by atoms with van der Waals surface area (Å²) in [4.78, 5) is 4.57. The van der Waals surface area contributed by atoms with E-state index >= 15 is 0 Å². The van der Waals surface area contributed by atoms with E-state index < -0.39 is 23.7 Å². The molecule has 0 aromatic carbocycles. The van der Waals surface area contributed by atoms with Crippen LogP contribution in [-0.4, -0.2) is 63.4 Å². The highest BCUT2D eigenvalue weighted by atomic mass is 35.5. The van der Waals surface area contributed by atoms with Crippen LogP contribution in [0.1, 0.15) is 52.4 Å². The third-order valence-electron chi connectivity index (χ3n) is 7.61. The molecule has 2 aliphatic heterocycles. The van der Waals surface area contributed by atoms with Crippen LogP contribution in [0.25, 0.3) is 0 Å². The van der Waals surface area contributed by atoms with E-state index in [0.29, 0.717) is 5.84 Å². The predicted octanol–water partition coefficient (Wildman–Crippen LogP) is 2.11. The number of oxime groups is 1. The number of nitrogens with zero attached hydrogens (tertiary/aromatic N) is 2. The Bertz CT molecular complexity index is 635. The molecule has 7 atom stereocenters. The lowest BCUT2D eigenvalue weighted by atomic mass is 9.72. The fourth-order valence-corrected chi connectivity index (χ4v) is 6.07. The number of nitrogens with one attached hydrogen (secondary N) is 1. The molecule has 158 valence electrons. The first-order valence-electron chi connectivity index (χ1n) is 10.5. The number of halogens is 1. The van der Waals surface area contributed by atoms with Gasteiger partial charge in [-0.3, -0.25) is 4.99 Å². The van der Waals surface area contributed by atoms with Crippen LogP contribution in [0.4, 0.5) is 0 Å². The zero-order chi connectivity index (χ0) is 20.1. The number of alkyl halides is 1. The monoisotopic (exact) mass is 413 g/mol. The van der Waals surface area contributed by atoms with E-state index in [1.807, 2.05) is 13.8 Å². The normalized spacial score (nSPS) is 47.7. The van der Waals surface area contributed by atoms with Gasteiger partial charge in [0.15, 0.2) is 5.84 Å². The van der Waals surface area contributed by atoms with Crippen LogP contribution in [0.3, 0.4) is 0 Å². The quantitative estimate of drug-likeness (QED) is 0.322. The van der Waals surface area contributed by atoms with Crippen LogP contribution in [0.15, 0.2) is 10.1 Å². The van der Waals surface area contributed by atoms with Crippen molar-refractivity contribution in [1.29, 1.82) is 0 Å². The summed E-state index contributed by atoms with van der Waals surface area (Å²) >= 11 is 6.22. The molecule has 28 heavy (non-hydrogen) atoms. The molecule has 7 nitrogen and oxygen atoms in total. The Morgan fingerprint density at radius 1 is 1.25 bits per heavy atom. The molecule has 1 saturated heterocycles. The van der Waals surface area contributed by atoms with Crippen molar-refractivity contribution in [2.75, 3.05) is 0 Å². The second kappa shape index (κ2) is 7.74. The van der Waals surface area contributed by atoms with Crippen molar-refractivity contribution in [1.82, 2.24) is 5.32 Å². The van der Waals surface area contributed by atoms with E-state index in [0.717, 1.165) is 38.5 Å². The first-order valence-corrected chi connectivity index (χ1v) is 10.9. The van der Waals surface area contributed by atoms with Crippen molar-refractivity contribution < 1.29 is 20.2 Å². The summed E-state index contributed by atoms with van der Waals surface area (Å²) in [6.45, 7) is 3.97. The smallest absolute Gasteiger partial charge is 0.152 e. The number of hydrogen-bond donors (Lipinski definition) is 4. The average molecular weight is 414 g/mol. The Kier molecular flexibility index (Phi) is 5.64. The average Bonchev–Trinajstić information content (AvgIpc) is 3.21. The number of aliphatic imine (C=N–C) groups is 1. The molecule has 2 heterocycles. The minimum Gasteiger partial charge on any atom is -0.409 e. The molecule has 0 aromatic rings. The molecule has 2 aliphatic carbocycles. The minimum absolute atomic E-state index is 0.0156. The van der Waals surface area contributed by atoms with Crippen molar-refractivity contribution in [3.05, 3.63) is 0 Å². The standard InChI is InChI=1S/C20H32ClN3O4/c1-20(2)17(26)16(12-7-8-13-14(12)22-9-23-19(13)24-27)28-18(20)15(25)10-3-5-11(21)6-4-10/h9-18,25-27H,3-8H2,1-2H3,(H,22,23,24)/t10?,11?,12?,13?,14?,15-,16+,17+,18?/m1/s1. The van der Waals surface area contributed by atoms with E-state index in [4.69, 9.17) is 16.3 Å². The molecule has 4 rings (SSSR count). The second-order valence-electron chi connectivity index (χ2n) is 9.54. The molecule has 3 fully saturated rings. The fourth-order valence-electron chi connectivity index (χ4n) is 5.82. The number of fused-ring (bicyclic) bond motifs is 1. The van der Waals surface area contributed by atoms with Crippen molar-refractivity contribution in [2.24, 2.45) is 33.3 Å². The molecule has 0 amide bonds. The maximum absolute atomic E-state index is 11.1. The lowest BCUT2D eigenvalue weighted by Crippen LogP contribution is -2.46. The van der Waals surface area contributed by atoms with Crippen LogP contribution in [-0.2, 0) is 4.74 Å². The molecule has 0 bridgehead atoms. The lowest BCUT2D eigenvalue weighted by molar-refractivity contribution is -0.0998. The van der Waals surface area contributed by atoms with Crippen molar-refractivity contribution >= 4 is 23.8 Å². The van der Waals surface area contributed by atoms with E-state index in [9.17, 15) is 15.4 Å². The van der Waals surface area contributed by atoms with Gasteiger partial charge in [0.2, 0.25) is 0 Å². The summed E-state index contributed by atoms with van der Waals surface area (Å²) in [7, 11) is 0. The van der Waals surface area contributed by atoms with Gasteiger partial charge in [-0.1, -0.05) is 19.0 Å².